The van der Waals surface area contributed by atoms with E-state index < -0.39 is 5.97 Å². The van der Waals surface area contributed by atoms with Gasteiger partial charge in [-0.3, -0.25) is 15.0 Å². The summed E-state index contributed by atoms with van der Waals surface area (Å²) < 4.78 is 4.59. The first kappa shape index (κ1) is 15.6. The van der Waals surface area contributed by atoms with Crippen LogP contribution in [-0.2, 0) is 14.3 Å². The Kier molecular flexibility index (Phi) is 9.66. The first-order chi connectivity index (χ1) is 6.06. The Morgan fingerprint density at radius 3 is 2.36 bits per heavy atom. The van der Waals surface area contributed by atoms with Crippen LogP contribution < -0.4 is 0 Å². The topological polar surface area (TPSA) is 67.2 Å². The zero-order valence-corrected chi connectivity index (χ0v) is 9.28. The molecular weight excluding hydrogens is 206 g/mol. The number of unbranched alkanes of at least 4 members (excludes halogenated alkanes) is 1. The molecule has 1 N–H and O–H groups in total. The van der Waals surface area contributed by atoms with Gasteiger partial charge in [-0.05, 0) is 13.3 Å². The van der Waals surface area contributed by atoms with Crippen LogP contribution in [0.15, 0.2) is 0 Å². The second-order valence-electron chi connectivity index (χ2n) is 2.88. The van der Waals surface area contributed by atoms with Crippen molar-refractivity contribution in [2.24, 2.45) is 0 Å². The van der Waals surface area contributed by atoms with Crippen molar-refractivity contribution >= 4 is 30.1 Å². The molecule has 4 nitrogen and oxygen atoms in total. The zero-order valence-electron chi connectivity index (χ0n) is 8.46. The summed E-state index contributed by atoms with van der Waals surface area (Å²) in [4.78, 5) is 21.3. The van der Waals surface area contributed by atoms with Crippen LogP contribution in [0.3, 0.4) is 0 Å². The van der Waals surface area contributed by atoms with E-state index in [0.29, 0.717) is 6.42 Å². The van der Waals surface area contributed by atoms with Gasteiger partial charge in [-0.25, -0.2) is 0 Å². The number of carbonyl (C=O) groups is 2. The summed E-state index contributed by atoms with van der Waals surface area (Å²) in [6.07, 6.45) is 1.99. The van der Waals surface area contributed by atoms with Gasteiger partial charge in [-0.1, -0.05) is 13.3 Å². The maximum absolute atomic E-state index is 10.8. The molecule has 0 radical (unpaired) electrons. The van der Waals surface area contributed by atoms with Crippen molar-refractivity contribution < 1.29 is 14.3 Å². The number of esters is 1. The van der Waals surface area contributed by atoms with E-state index in [1.807, 2.05) is 6.92 Å². The van der Waals surface area contributed by atoms with Crippen molar-refractivity contribution in [2.75, 3.05) is 0 Å². The van der Waals surface area contributed by atoms with Gasteiger partial charge < -0.3 is 4.74 Å². The molecule has 0 aliphatic heterocycles. The number of carbonyl (C=O) groups excluding carboxylic acids is 2. The molecule has 0 aliphatic carbocycles. The van der Waals surface area contributed by atoms with E-state index in [4.69, 9.17) is 5.41 Å². The van der Waals surface area contributed by atoms with Crippen LogP contribution in [0, 0.1) is 5.41 Å². The Morgan fingerprint density at radius 1 is 1.36 bits per heavy atom. The summed E-state index contributed by atoms with van der Waals surface area (Å²) in [6.45, 7) is 3.31. The number of hydrogen-bond donors (Lipinski definition) is 1. The lowest BCUT2D eigenvalue weighted by Gasteiger charge is -2.02. The molecule has 0 aromatic carbocycles. The Morgan fingerprint density at radius 2 is 1.93 bits per heavy atom. The number of halogens is 1. The number of hydrogen-bond acceptors (Lipinski definition) is 4. The molecule has 0 aromatic rings. The minimum Gasteiger partial charge on any atom is -0.412 e. The highest BCUT2D eigenvalue weighted by atomic mass is 35.5. The van der Waals surface area contributed by atoms with Crippen LogP contribution in [0.5, 0.6) is 0 Å². The molecule has 0 unspecified atom stereocenters. The van der Waals surface area contributed by atoms with Crippen LogP contribution in [0.25, 0.3) is 0 Å². The Hall–Kier alpha value is -0.900. The monoisotopic (exact) mass is 221 g/mol. The van der Waals surface area contributed by atoms with Crippen molar-refractivity contribution in [1.82, 2.24) is 0 Å². The van der Waals surface area contributed by atoms with Crippen molar-refractivity contribution in [3.05, 3.63) is 0 Å². The van der Waals surface area contributed by atoms with E-state index in [2.05, 4.69) is 4.74 Å². The van der Waals surface area contributed by atoms with Crippen LogP contribution in [-0.4, -0.2) is 17.7 Å². The van der Waals surface area contributed by atoms with Gasteiger partial charge in [-0.15, -0.1) is 12.4 Å². The van der Waals surface area contributed by atoms with Gasteiger partial charge in [0.05, 0.1) is 0 Å². The molecule has 0 saturated heterocycles. The summed E-state index contributed by atoms with van der Waals surface area (Å²) in [6, 6.07) is 0. The van der Waals surface area contributed by atoms with Gasteiger partial charge in [0.2, 0.25) is 0 Å². The van der Waals surface area contributed by atoms with Crippen molar-refractivity contribution in [3.8, 4) is 0 Å². The number of ether oxygens (including phenoxy) is 1. The highest BCUT2D eigenvalue weighted by Crippen LogP contribution is 1.98. The molecule has 0 spiro atoms. The third kappa shape index (κ3) is 9.19. The van der Waals surface area contributed by atoms with Gasteiger partial charge in [0, 0.05) is 6.42 Å². The van der Waals surface area contributed by atoms with Gasteiger partial charge in [0.15, 0.2) is 5.90 Å². The molecule has 0 heterocycles. The summed E-state index contributed by atoms with van der Waals surface area (Å²) in [5.74, 6) is -0.921. The van der Waals surface area contributed by atoms with E-state index in [9.17, 15) is 9.59 Å². The second kappa shape index (κ2) is 8.69. The van der Waals surface area contributed by atoms with Crippen LogP contribution in [0.1, 0.15) is 39.5 Å². The molecule has 0 fully saturated rings. The van der Waals surface area contributed by atoms with E-state index in [1.165, 1.54) is 6.92 Å². The fraction of sp³-hybridized carbons (Fsp3) is 0.667. The van der Waals surface area contributed by atoms with Crippen LogP contribution in [0.2, 0.25) is 0 Å². The number of ketones is 1. The first-order valence-electron chi connectivity index (χ1n) is 4.33. The second-order valence-corrected chi connectivity index (χ2v) is 2.88. The lowest BCUT2D eigenvalue weighted by Crippen LogP contribution is -2.13. The normalized spacial score (nSPS) is 8.71. The number of Topliss-reactive ketones (excluding diaryl/α,β-unsaturated/α-hetero) is 1. The fourth-order valence-electron chi connectivity index (χ4n) is 0.765. The van der Waals surface area contributed by atoms with E-state index in [-0.39, 0.29) is 30.5 Å². The standard InChI is InChI=1S/C9H15NO3.ClH/c1-3-4-5-8(10)13-9(12)6-7(2)11;/h10H,3-6H2,1-2H3;1H. The largest absolute Gasteiger partial charge is 0.412 e. The van der Waals surface area contributed by atoms with Crippen LogP contribution in [0.4, 0.5) is 0 Å². The minimum atomic E-state index is -0.631. The average Bonchev–Trinajstić information content (AvgIpc) is 1.98. The SMILES string of the molecule is CCCCC(=N)OC(=O)CC(C)=O.Cl. The van der Waals surface area contributed by atoms with Gasteiger partial charge in [-0.2, -0.15) is 0 Å². The summed E-state index contributed by atoms with van der Waals surface area (Å²) in [7, 11) is 0. The molecule has 0 atom stereocenters. The molecule has 0 amide bonds. The number of nitrogens with one attached hydrogen (secondary N) is 1. The lowest BCUT2D eigenvalue weighted by atomic mass is 10.2. The molecule has 0 aromatic heterocycles. The Bertz CT molecular complexity index is 216. The lowest BCUT2D eigenvalue weighted by molar-refractivity contribution is -0.138. The van der Waals surface area contributed by atoms with E-state index in [1.54, 1.807) is 0 Å². The zero-order chi connectivity index (χ0) is 10.3. The molecule has 0 bridgehead atoms. The maximum atomic E-state index is 10.8. The smallest absolute Gasteiger partial charge is 0.319 e. The number of rotatable bonds is 5. The predicted octanol–water partition coefficient (Wildman–Crippen LogP) is 2.10. The predicted molar refractivity (Wildman–Crippen MR) is 55.9 cm³/mol. The Balaban J connectivity index is 0. The fourth-order valence-corrected chi connectivity index (χ4v) is 0.765. The molecule has 5 heteroatoms. The third-order valence-electron chi connectivity index (χ3n) is 1.39. The van der Waals surface area contributed by atoms with Gasteiger partial charge in [0.25, 0.3) is 0 Å². The first-order valence-corrected chi connectivity index (χ1v) is 4.33. The van der Waals surface area contributed by atoms with Gasteiger partial charge >= 0.3 is 5.97 Å². The quantitative estimate of drug-likeness (QED) is 0.335. The Labute approximate surface area is 89.9 Å². The average molecular weight is 222 g/mol. The van der Waals surface area contributed by atoms with E-state index >= 15 is 0 Å². The summed E-state index contributed by atoms with van der Waals surface area (Å²) in [5.41, 5.74) is 0. The highest BCUT2D eigenvalue weighted by Gasteiger charge is 2.08. The molecule has 0 saturated carbocycles. The van der Waals surface area contributed by atoms with Crippen molar-refractivity contribution in [2.45, 2.75) is 39.5 Å². The molecule has 14 heavy (non-hydrogen) atoms. The summed E-state index contributed by atoms with van der Waals surface area (Å²) >= 11 is 0. The molecule has 0 aliphatic rings. The van der Waals surface area contributed by atoms with Crippen LogP contribution >= 0.6 is 12.4 Å². The third-order valence-corrected chi connectivity index (χ3v) is 1.39. The van der Waals surface area contributed by atoms with Gasteiger partial charge in [0.1, 0.15) is 12.2 Å². The molecule has 0 rings (SSSR count). The van der Waals surface area contributed by atoms with E-state index in [0.717, 1.165) is 12.8 Å². The minimum absolute atomic E-state index is 0. The van der Waals surface area contributed by atoms with Crippen molar-refractivity contribution in [3.63, 3.8) is 0 Å². The highest BCUT2D eigenvalue weighted by molar-refractivity contribution is 5.98. The van der Waals surface area contributed by atoms with Crippen molar-refractivity contribution in [1.29, 1.82) is 5.41 Å². The molecular formula is C9H16ClNO3. The summed E-state index contributed by atoms with van der Waals surface area (Å²) in [5, 5.41) is 7.21. The maximum Gasteiger partial charge on any atom is 0.319 e. The molecule has 82 valence electrons.